The molecule has 0 unspecified atom stereocenters. The monoisotopic (exact) mass is 240 g/mol. The van der Waals surface area contributed by atoms with Gasteiger partial charge in [0.2, 0.25) is 5.88 Å². The van der Waals surface area contributed by atoms with E-state index in [1.54, 1.807) is 12.5 Å². The molecule has 4 heteroatoms. The van der Waals surface area contributed by atoms with Crippen LogP contribution in [0.1, 0.15) is 5.56 Å². The van der Waals surface area contributed by atoms with Gasteiger partial charge in [0.15, 0.2) is 0 Å². The minimum atomic E-state index is 0.320. The van der Waals surface area contributed by atoms with Gasteiger partial charge in [-0.25, -0.2) is 0 Å². The normalized spacial score (nSPS) is 10.7. The highest BCUT2D eigenvalue weighted by Crippen LogP contribution is 2.37. The Morgan fingerprint density at radius 1 is 1.17 bits per heavy atom. The summed E-state index contributed by atoms with van der Waals surface area (Å²) in [6.07, 6.45) is 3.22. The van der Waals surface area contributed by atoms with Gasteiger partial charge in [-0.1, -0.05) is 29.4 Å². The first kappa shape index (κ1) is 10.7. The van der Waals surface area contributed by atoms with Crippen LogP contribution in [0.25, 0.3) is 22.4 Å². The number of hydrogen-bond donors (Lipinski definition) is 1. The molecule has 3 aromatic rings. The first-order chi connectivity index (χ1) is 8.77. The SMILES string of the molecule is Cc1ccccc1-c1c(-c2ccoc2)noc1N. The maximum atomic E-state index is 5.89. The van der Waals surface area contributed by atoms with Crippen LogP contribution >= 0.6 is 0 Å². The lowest BCUT2D eigenvalue weighted by molar-refractivity contribution is 0.439. The summed E-state index contributed by atoms with van der Waals surface area (Å²) < 4.78 is 10.2. The summed E-state index contributed by atoms with van der Waals surface area (Å²) in [6, 6.07) is 9.82. The Morgan fingerprint density at radius 2 is 2.00 bits per heavy atom. The predicted octanol–water partition coefficient (Wildman–Crippen LogP) is 3.49. The van der Waals surface area contributed by atoms with Crippen molar-refractivity contribution in [3.63, 3.8) is 0 Å². The molecule has 4 nitrogen and oxygen atoms in total. The molecule has 0 atom stereocenters. The molecule has 0 bridgehead atoms. The van der Waals surface area contributed by atoms with E-state index in [2.05, 4.69) is 5.16 Å². The molecule has 0 radical (unpaired) electrons. The van der Waals surface area contributed by atoms with Gasteiger partial charge >= 0.3 is 0 Å². The lowest BCUT2D eigenvalue weighted by atomic mass is 9.98. The quantitative estimate of drug-likeness (QED) is 0.744. The number of hydrogen-bond acceptors (Lipinski definition) is 4. The first-order valence-corrected chi connectivity index (χ1v) is 5.61. The lowest BCUT2D eigenvalue weighted by Gasteiger charge is -2.04. The third-order valence-electron chi connectivity index (χ3n) is 2.93. The standard InChI is InChI=1S/C14H12N2O2/c1-9-4-2-3-5-11(9)12-13(16-18-14(12)15)10-6-7-17-8-10/h2-8H,15H2,1H3. The topological polar surface area (TPSA) is 65.2 Å². The van der Waals surface area contributed by atoms with Gasteiger partial charge in [0.25, 0.3) is 0 Å². The fourth-order valence-corrected chi connectivity index (χ4v) is 2.01. The number of nitrogens with zero attached hydrogens (tertiary/aromatic N) is 1. The zero-order valence-electron chi connectivity index (χ0n) is 9.88. The number of rotatable bonds is 2. The van der Waals surface area contributed by atoms with Crippen molar-refractivity contribution in [1.82, 2.24) is 5.16 Å². The third kappa shape index (κ3) is 1.59. The summed E-state index contributed by atoms with van der Waals surface area (Å²) in [6.45, 7) is 2.03. The zero-order valence-corrected chi connectivity index (χ0v) is 9.88. The maximum Gasteiger partial charge on any atom is 0.230 e. The molecule has 0 aliphatic heterocycles. The molecule has 2 N–H and O–H groups in total. The Bertz CT molecular complexity index is 669. The van der Waals surface area contributed by atoms with E-state index in [0.717, 1.165) is 22.3 Å². The summed E-state index contributed by atoms with van der Waals surface area (Å²) in [4.78, 5) is 0. The van der Waals surface area contributed by atoms with E-state index in [9.17, 15) is 0 Å². The van der Waals surface area contributed by atoms with Crippen molar-refractivity contribution in [3.8, 4) is 22.4 Å². The molecule has 1 aromatic carbocycles. The molecule has 0 aliphatic carbocycles. The van der Waals surface area contributed by atoms with Crippen LogP contribution in [0.4, 0.5) is 5.88 Å². The summed E-state index contributed by atoms with van der Waals surface area (Å²) in [7, 11) is 0. The maximum absolute atomic E-state index is 5.89. The van der Waals surface area contributed by atoms with Crippen LogP contribution in [-0.4, -0.2) is 5.16 Å². The highest BCUT2D eigenvalue weighted by molar-refractivity contribution is 5.87. The summed E-state index contributed by atoms with van der Waals surface area (Å²) in [5, 5.41) is 4.02. The van der Waals surface area contributed by atoms with E-state index >= 15 is 0 Å². The van der Waals surface area contributed by atoms with Crippen molar-refractivity contribution in [2.45, 2.75) is 6.92 Å². The largest absolute Gasteiger partial charge is 0.472 e. The van der Waals surface area contributed by atoms with Gasteiger partial charge in [-0.3, -0.25) is 0 Å². The Labute approximate surface area is 104 Å². The molecule has 90 valence electrons. The van der Waals surface area contributed by atoms with Crippen molar-refractivity contribution >= 4 is 5.88 Å². The summed E-state index contributed by atoms with van der Waals surface area (Å²) in [5.74, 6) is 0.320. The third-order valence-corrected chi connectivity index (χ3v) is 2.93. The minimum Gasteiger partial charge on any atom is -0.472 e. The Kier molecular flexibility index (Phi) is 2.41. The van der Waals surface area contributed by atoms with E-state index in [0.29, 0.717) is 11.6 Å². The van der Waals surface area contributed by atoms with Crippen molar-refractivity contribution < 1.29 is 8.94 Å². The van der Waals surface area contributed by atoms with Crippen LogP contribution in [0, 0.1) is 6.92 Å². The van der Waals surface area contributed by atoms with Crippen LogP contribution < -0.4 is 5.73 Å². The fourth-order valence-electron chi connectivity index (χ4n) is 2.01. The number of anilines is 1. The number of furan rings is 1. The molecule has 18 heavy (non-hydrogen) atoms. The van der Waals surface area contributed by atoms with Crippen LogP contribution in [0.5, 0.6) is 0 Å². The van der Waals surface area contributed by atoms with Crippen LogP contribution in [-0.2, 0) is 0 Å². The zero-order chi connectivity index (χ0) is 12.5. The van der Waals surface area contributed by atoms with Gasteiger partial charge in [0.1, 0.15) is 5.69 Å². The minimum absolute atomic E-state index is 0.320. The van der Waals surface area contributed by atoms with E-state index < -0.39 is 0 Å². The Balaban J connectivity index is 2.24. The molecule has 3 rings (SSSR count). The number of aryl methyl sites for hydroxylation is 1. The molecular formula is C14H12N2O2. The van der Waals surface area contributed by atoms with Gasteiger partial charge in [0, 0.05) is 5.56 Å². The molecular weight excluding hydrogens is 228 g/mol. The predicted molar refractivity (Wildman–Crippen MR) is 68.8 cm³/mol. The van der Waals surface area contributed by atoms with Crippen LogP contribution in [0.15, 0.2) is 51.8 Å². The average Bonchev–Trinajstić information content (AvgIpc) is 2.99. The highest BCUT2D eigenvalue weighted by atomic mass is 16.5. The van der Waals surface area contributed by atoms with Gasteiger partial charge in [0.05, 0.1) is 18.1 Å². The van der Waals surface area contributed by atoms with Crippen LogP contribution in [0.2, 0.25) is 0 Å². The molecule has 2 heterocycles. The lowest BCUT2D eigenvalue weighted by Crippen LogP contribution is -1.89. The van der Waals surface area contributed by atoms with Crippen molar-refractivity contribution in [2.24, 2.45) is 0 Å². The van der Waals surface area contributed by atoms with Crippen molar-refractivity contribution in [1.29, 1.82) is 0 Å². The molecule has 0 fully saturated rings. The average molecular weight is 240 g/mol. The van der Waals surface area contributed by atoms with E-state index in [4.69, 9.17) is 14.7 Å². The number of aromatic nitrogens is 1. The molecule has 0 saturated carbocycles. The second-order valence-electron chi connectivity index (χ2n) is 4.10. The molecule has 0 amide bonds. The van der Waals surface area contributed by atoms with E-state index in [1.807, 2.05) is 37.3 Å². The molecule has 2 aromatic heterocycles. The molecule has 0 aliphatic rings. The molecule has 0 saturated heterocycles. The van der Waals surface area contributed by atoms with Gasteiger partial charge in [-0.2, -0.15) is 0 Å². The smallest absolute Gasteiger partial charge is 0.230 e. The van der Waals surface area contributed by atoms with E-state index in [-0.39, 0.29) is 0 Å². The summed E-state index contributed by atoms with van der Waals surface area (Å²) in [5.41, 5.74) is 10.4. The second kappa shape index (κ2) is 4.07. The Hall–Kier alpha value is -2.49. The summed E-state index contributed by atoms with van der Waals surface area (Å²) >= 11 is 0. The van der Waals surface area contributed by atoms with Crippen molar-refractivity contribution in [3.05, 3.63) is 48.4 Å². The number of nitrogen functional groups attached to an aromatic ring is 1. The Morgan fingerprint density at radius 3 is 2.72 bits per heavy atom. The molecule has 0 spiro atoms. The van der Waals surface area contributed by atoms with Gasteiger partial charge in [-0.15, -0.1) is 0 Å². The fraction of sp³-hybridized carbons (Fsp3) is 0.0714. The van der Waals surface area contributed by atoms with Crippen LogP contribution in [0.3, 0.4) is 0 Å². The van der Waals surface area contributed by atoms with Gasteiger partial charge < -0.3 is 14.7 Å². The van der Waals surface area contributed by atoms with Crippen molar-refractivity contribution in [2.75, 3.05) is 5.73 Å². The second-order valence-corrected chi connectivity index (χ2v) is 4.10. The first-order valence-electron chi connectivity index (χ1n) is 5.61. The van der Waals surface area contributed by atoms with E-state index in [1.165, 1.54) is 0 Å². The number of nitrogens with two attached hydrogens (primary N) is 1. The number of benzene rings is 1. The van der Waals surface area contributed by atoms with Gasteiger partial charge in [-0.05, 0) is 24.1 Å². The highest BCUT2D eigenvalue weighted by Gasteiger charge is 2.19.